The van der Waals surface area contributed by atoms with Crippen LogP contribution in [0.15, 0.2) is 18.3 Å². The minimum absolute atomic E-state index is 0.549. The Morgan fingerprint density at radius 1 is 1.50 bits per heavy atom. The Balaban J connectivity index is 2.60. The molecular formula is C9H13NO2. The highest BCUT2D eigenvalue weighted by Gasteiger charge is 1.95. The van der Waals surface area contributed by atoms with E-state index in [9.17, 15) is 0 Å². The van der Waals surface area contributed by atoms with Crippen LogP contribution in [0.3, 0.4) is 0 Å². The molecule has 0 radical (unpaired) electrons. The first-order valence-electron chi connectivity index (χ1n) is 3.93. The first-order valence-corrected chi connectivity index (χ1v) is 3.93. The molecule has 0 unspecified atom stereocenters. The summed E-state index contributed by atoms with van der Waals surface area (Å²) < 4.78 is 10.2. The van der Waals surface area contributed by atoms with E-state index in [4.69, 9.17) is 9.47 Å². The van der Waals surface area contributed by atoms with Gasteiger partial charge in [0.15, 0.2) is 0 Å². The van der Waals surface area contributed by atoms with Crippen molar-refractivity contribution < 1.29 is 9.47 Å². The molecule has 66 valence electrons. The lowest BCUT2D eigenvalue weighted by molar-refractivity contribution is 0.131. The summed E-state index contributed by atoms with van der Waals surface area (Å²) in [5, 5.41) is 0. The van der Waals surface area contributed by atoms with E-state index < -0.39 is 0 Å². The molecule has 0 bridgehead atoms. The topological polar surface area (TPSA) is 31.4 Å². The number of aromatic nitrogens is 1. The smallest absolute Gasteiger partial charge is 0.122 e. The molecule has 1 aromatic heterocycles. The second-order valence-corrected chi connectivity index (χ2v) is 2.32. The van der Waals surface area contributed by atoms with Crippen LogP contribution in [-0.2, 0) is 11.3 Å². The molecule has 1 aromatic rings. The maximum Gasteiger partial charge on any atom is 0.122 e. The minimum atomic E-state index is 0.549. The van der Waals surface area contributed by atoms with E-state index in [0.29, 0.717) is 13.2 Å². The lowest BCUT2D eigenvalue weighted by Crippen LogP contribution is -1.95. The highest BCUT2D eigenvalue weighted by Crippen LogP contribution is 2.10. The fraction of sp³-hybridized carbons (Fsp3) is 0.444. The normalized spacial score (nSPS) is 9.83. The summed E-state index contributed by atoms with van der Waals surface area (Å²) in [6.45, 7) is 3.22. The molecule has 0 saturated heterocycles. The van der Waals surface area contributed by atoms with Gasteiger partial charge in [-0.15, -0.1) is 0 Å². The van der Waals surface area contributed by atoms with Crippen LogP contribution in [0.2, 0.25) is 0 Å². The third-order valence-electron chi connectivity index (χ3n) is 1.48. The van der Waals surface area contributed by atoms with E-state index in [2.05, 4.69) is 4.98 Å². The van der Waals surface area contributed by atoms with E-state index in [1.807, 2.05) is 19.1 Å². The van der Waals surface area contributed by atoms with Gasteiger partial charge < -0.3 is 9.47 Å². The van der Waals surface area contributed by atoms with Gasteiger partial charge >= 0.3 is 0 Å². The van der Waals surface area contributed by atoms with Gasteiger partial charge in [-0.25, -0.2) is 0 Å². The Hall–Kier alpha value is -1.09. The van der Waals surface area contributed by atoms with Crippen molar-refractivity contribution in [3.05, 3.63) is 24.0 Å². The third-order valence-corrected chi connectivity index (χ3v) is 1.48. The van der Waals surface area contributed by atoms with E-state index >= 15 is 0 Å². The molecule has 0 N–H and O–H groups in total. The Bertz CT molecular complexity index is 238. The van der Waals surface area contributed by atoms with Crippen molar-refractivity contribution in [1.29, 1.82) is 0 Å². The molecule has 3 nitrogen and oxygen atoms in total. The zero-order valence-electron chi connectivity index (χ0n) is 7.41. The predicted octanol–water partition coefficient (Wildman–Crippen LogP) is 1.63. The standard InChI is InChI=1S/C9H13NO2/c1-3-12-7-8-6-9(11-2)4-5-10-8/h4-6H,3,7H2,1-2H3. The molecular weight excluding hydrogens is 154 g/mol. The zero-order chi connectivity index (χ0) is 8.81. The zero-order valence-corrected chi connectivity index (χ0v) is 7.41. The molecule has 1 heterocycles. The van der Waals surface area contributed by atoms with Crippen LogP contribution >= 0.6 is 0 Å². The Labute approximate surface area is 72.3 Å². The van der Waals surface area contributed by atoms with E-state index in [1.165, 1.54) is 0 Å². The average Bonchev–Trinajstić information content (AvgIpc) is 2.15. The molecule has 1 rings (SSSR count). The van der Waals surface area contributed by atoms with Crippen LogP contribution in [0.4, 0.5) is 0 Å². The van der Waals surface area contributed by atoms with Crippen LogP contribution in [-0.4, -0.2) is 18.7 Å². The van der Waals surface area contributed by atoms with Crippen molar-refractivity contribution in [2.24, 2.45) is 0 Å². The summed E-state index contributed by atoms with van der Waals surface area (Å²) in [4.78, 5) is 4.12. The highest BCUT2D eigenvalue weighted by atomic mass is 16.5. The van der Waals surface area contributed by atoms with Gasteiger partial charge in [-0.2, -0.15) is 0 Å². The Morgan fingerprint density at radius 2 is 2.33 bits per heavy atom. The number of ether oxygens (including phenoxy) is 2. The summed E-state index contributed by atoms with van der Waals surface area (Å²) in [7, 11) is 1.64. The van der Waals surface area contributed by atoms with Gasteiger partial charge in [-0.3, -0.25) is 4.98 Å². The molecule has 3 heteroatoms. The van der Waals surface area contributed by atoms with E-state index in [-0.39, 0.29) is 0 Å². The molecule has 0 aliphatic carbocycles. The molecule has 0 atom stereocenters. The lowest BCUT2D eigenvalue weighted by Gasteiger charge is -2.02. The number of rotatable bonds is 4. The van der Waals surface area contributed by atoms with Crippen molar-refractivity contribution >= 4 is 0 Å². The molecule has 0 aromatic carbocycles. The first-order chi connectivity index (χ1) is 5.86. The van der Waals surface area contributed by atoms with Gasteiger partial charge in [-0.1, -0.05) is 0 Å². The van der Waals surface area contributed by atoms with Crippen molar-refractivity contribution in [2.45, 2.75) is 13.5 Å². The van der Waals surface area contributed by atoms with Crippen LogP contribution in [0.5, 0.6) is 5.75 Å². The van der Waals surface area contributed by atoms with Crippen LogP contribution < -0.4 is 4.74 Å². The van der Waals surface area contributed by atoms with Gasteiger partial charge in [0.05, 0.1) is 19.4 Å². The summed E-state index contributed by atoms with van der Waals surface area (Å²) in [5.74, 6) is 0.819. The molecule has 0 spiro atoms. The lowest BCUT2D eigenvalue weighted by atomic mass is 10.3. The van der Waals surface area contributed by atoms with Crippen molar-refractivity contribution in [1.82, 2.24) is 4.98 Å². The number of hydrogen-bond donors (Lipinski definition) is 0. The second kappa shape index (κ2) is 4.72. The van der Waals surface area contributed by atoms with Gasteiger partial charge in [0, 0.05) is 18.9 Å². The van der Waals surface area contributed by atoms with Crippen molar-refractivity contribution in [3.63, 3.8) is 0 Å². The summed E-state index contributed by atoms with van der Waals surface area (Å²) in [6.07, 6.45) is 1.72. The van der Waals surface area contributed by atoms with Crippen molar-refractivity contribution in [3.8, 4) is 5.75 Å². The van der Waals surface area contributed by atoms with Gasteiger partial charge in [-0.05, 0) is 13.0 Å². The first kappa shape index (κ1) is 9.00. The number of methoxy groups -OCH3 is 1. The highest BCUT2D eigenvalue weighted by molar-refractivity contribution is 5.21. The summed E-state index contributed by atoms with van der Waals surface area (Å²) in [6, 6.07) is 3.69. The number of nitrogens with zero attached hydrogens (tertiary/aromatic N) is 1. The molecule has 0 amide bonds. The van der Waals surface area contributed by atoms with Crippen molar-refractivity contribution in [2.75, 3.05) is 13.7 Å². The van der Waals surface area contributed by atoms with Gasteiger partial charge in [0.1, 0.15) is 5.75 Å². The van der Waals surface area contributed by atoms with E-state index in [1.54, 1.807) is 13.3 Å². The van der Waals surface area contributed by atoms with Crippen LogP contribution in [0.1, 0.15) is 12.6 Å². The van der Waals surface area contributed by atoms with E-state index in [0.717, 1.165) is 11.4 Å². The van der Waals surface area contributed by atoms with Gasteiger partial charge in [0.2, 0.25) is 0 Å². The SMILES string of the molecule is CCOCc1cc(OC)ccn1. The predicted molar refractivity (Wildman–Crippen MR) is 46.1 cm³/mol. The fourth-order valence-electron chi connectivity index (χ4n) is 0.869. The number of hydrogen-bond acceptors (Lipinski definition) is 3. The average molecular weight is 167 g/mol. The monoisotopic (exact) mass is 167 g/mol. The largest absolute Gasteiger partial charge is 0.497 e. The molecule has 0 fully saturated rings. The molecule has 0 aliphatic rings. The minimum Gasteiger partial charge on any atom is -0.497 e. The van der Waals surface area contributed by atoms with Crippen LogP contribution in [0.25, 0.3) is 0 Å². The van der Waals surface area contributed by atoms with Gasteiger partial charge in [0.25, 0.3) is 0 Å². The Kier molecular flexibility index (Phi) is 3.54. The molecule has 0 saturated carbocycles. The third kappa shape index (κ3) is 2.51. The number of pyridine rings is 1. The summed E-state index contributed by atoms with van der Waals surface area (Å²) in [5.41, 5.74) is 0.899. The molecule has 12 heavy (non-hydrogen) atoms. The molecule has 0 aliphatic heterocycles. The fourth-order valence-corrected chi connectivity index (χ4v) is 0.869. The second-order valence-electron chi connectivity index (χ2n) is 2.32. The van der Waals surface area contributed by atoms with Crippen LogP contribution in [0, 0.1) is 0 Å². The maximum absolute atomic E-state index is 5.20. The summed E-state index contributed by atoms with van der Waals surface area (Å²) >= 11 is 0. The quantitative estimate of drug-likeness (QED) is 0.683. The Morgan fingerprint density at radius 3 is 3.00 bits per heavy atom. The maximum atomic E-state index is 5.20.